The second kappa shape index (κ2) is 6.59. The van der Waals surface area contributed by atoms with E-state index in [1.54, 1.807) is 0 Å². The van der Waals surface area contributed by atoms with Gasteiger partial charge in [-0.3, -0.25) is 0 Å². The van der Waals surface area contributed by atoms with Crippen LogP contribution < -0.4 is 0 Å². The molecule has 0 aliphatic heterocycles. The van der Waals surface area contributed by atoms with E-state index >= 15 is 0 Å². The number of allylic oxidation sites excluding steroid dienone is 4. The van der Waals surface area contributed by atoms with Crippen molar-refractivity contribution < 1.29 is 0 Å². The van der Waals surface area contributed by atoms with Crippen molar-refractivity contribution in [2.45, 2.75) is 39.5 Å². The third-order valence-corrected chi connectivity index (χ3v) is 7.09. The molecule has 0 amide bonds. The Morgan fingerprint density at radius 1 is 0.759 bits per heavy atom. The average Bonchev–Trinajstić information content (AvgIpc) is 3.03. The highest BCUT2D eigenvalue weighted by Gasteiger charge is 2.48. The molecule has 2 atom stereocenters. The summed E-state index contributed by atoms with van der Waals surface area (Å²) in [6.07, 6.45) is 5.85. The van der Waals surface area contributed by atoms with E-state index in [0.717, 1.165) is 6.42 Å². The van der Waals surface area contributed by atoms with Crippen molar-refractivity contribution in [3.05, 3.63) is 118 Å². The van der Waals surface area contributed by atoms with Crippen molar-refractivity contribution in [1.29, 1.82) is 0 Å². The molecule has 0 bridgehead atoms. The third kappa shape index (κ3) is 2.52. The number of hydrogen-bond donors (Lipinski definition) is 0. The maximum absolute atomic E-state index is 2.41. The van der Waals surface area contributed by atoms with E-state index in [2.05, 4.69) is 107 Å². The monoisotopic (exact) mass is 376 g/mol. The Morgan fingerprint density at radius 3 is 2.24 bits per heavy atom. The quantitative estimate of drug-likeness (QED) is 0.433. The van der Waals surface area contributed by atoms with Gasteiger partial charge in [0, 0.05) is 0 Å². The number of hydrogen-bond acceptors (Lipinski definition) is 0. The highest BCUT2D eigenvalue weighted by Crippen LogP contribution is 2.58. The molecule has 2 aliphatic rings. The lowest BCUT2D eigenvalue weighted by atomic mass is 9.63. The van der Waals surface area contributed by atoms with Crippen LogP contribution >= 0.6 is 0 Å². The molecular weight excluding hydrogens is 348 g/mol. The Balaban J connectivity index is 1.93. The predicted molar refractivity (Wildman–Crippen MR) is 123 cm³/mol. The van der Waals surface area contributed by atoms with Gasteiger partial charge >= 0.3 is 0 Å². The predicted octanol–water partition coefficient (Wildman–Crippen LogP) is 7.53. The van der Waals surface area contributed by atoms with Crippen LogP contribution in [0.3, 0.4) is 0 Å². The topological polar surface area (TPSA) is 0 Å². The molecule has 0 N–H and O–H groups in total. The molecule has 0 saturated heterocycles. The summed E-state index contributed by atoms with van der Waals surface area (Å²) in [7, 11) is 0. The Labute approximate surface area is 174 Å². The zero-order valence-electron chi connectivity index (χ0n) is 17.8. The van der Waals surface area contributed by atoms with Crippen LogP contribution in [0.5, 0.6) is 0 Å². The second-order valence-corrected chi connectivity index (χ2v) is 8.87. The number of benzene rings is 3. The summed E-state index contributed by atoms with van der Waals surface area (Å²) in [4.78, 5) is 0. The van der Waals surface area contributed by atoms with E-state index in [-0.39, 0.29) is 5.41 Å². The van der Waals surface area contributed by atoms with Crippen molar-refractivity contribution in [2.24, 2.45) is 5.92 Å². The van der Waals surface area contributed by atoms with Crippen molar-refractivity contribution in [3.8, 4) is 11.1 Å². The molecule has 2 unspecified atom stereocenters. The standard InChI is InChI=1S/C29H28/c1-19-12-15-23(16-13-19)29(24-17-14-20(2)22(4)18-24)27-11-6-5-9-25(27)26-10-7-8-21(3)28(26)29/h5-17,22H,18H2,1-4H3. The maximum atomic E-state index is 2.41. The van der Waals surface area contributed by atoms with Gasteiger partial charge in [-0.15, -0.1) is 0 Å². The molecule has 2 aliphatic carbocycles. The zero-order valence-corrected chi connectivity index (χ0v) is 17.8. The van der Waals surface area contributed by atoms with Gasteiger partial charge in [-0.25, -0.2) is 0 Å². The normalized spacial score (nSPS) is 22.6. The number of rotatable bonds is 2. The summed E-state index contributed by atoms with van der Waals surface area (Å²) >= 11 is 0. The van der Waals surface area contributed by atoms with Crippen LogP contribution in [0.1, 0.15) is 48.1 Å². The summed E-state index contributed by atoms with van der Waals surface area (Å²) in [6.45, 7) is 9.08. The van der Waals surface area contributed by atoms with Gasteiger partial charge in [0.15, 0.2) is 0 Å². The van der Waals surface area contributed by atoms with Crippen molar-refractivity contribution >= 4 is 0 Å². The molecule has 0 fully saturated rings. The maximum Gasteiger partial charge on any atom is 0.0679 e. The first-order chi connectivity index (χ1) is 14.0. The summed E-state index contributed by atoms with van der Waals surface area (Å²) in [6, 6.07) is 25.1. The van der Waals surface area contributed by atoms with Crippen LogP contribution in [0.2, 0.25) is 0 Å². The molecule has 0 saturated carbocycles. The van der Waals surface area contributed by atoms with Crippen LogP contribution in [0.15, 0.2) is 90.0 Å². The summed E-state index contributed by atoms with van der Waals surface area (Å²) in [5.41, 5.74) is 12.5. The molecule has 3 aromatic rings. The highest BCUT2D eigenvalue weighted by atomic mass is 14.5. The van der Waals surface area contributed by atoms with Crippen molar-refractivity contribution in [2.75, 3.05) is 0 Å². The fraction of sp³-hybridized carbons (Fsp3) is 0.241. The Kier molecular flexibility index (Phi) is 4.13. The fourth-order valence-corrected chi connectivity index (χ4v) is 5.43. The van der Waals surface area contributed by atoms with Gasteiger partial charge in [0.05, 0.1) is 5.41 Å². The van der Waals surface area contributed by atoms with E-state index in [9.17, 15) is 0 Å². The largest absolute Gasteiger partial charge is 0.0702 e. The molecule has 0 nitrogen and oxygen atoms in total. The van der Waals surface area contributed by atoms with Gasteiger partial charge in [0.2, 0.25) is 0 Å². The molecule has 0 radical (unpaired) electrons. The minimum Gasteiger partial charge on any atom is -0.0702 e. The minimum absolute atomic E-state index is 0.212. The number of fused-ring (bicyclic) bond motifs is 3. The lowest BCUT2D eigenvalue weighted by molar-refractivity contribution is 0.590. The van der Waals surface area contributed by atoms with Crippen LogP contribution in [0.4, 0.5) is 0 Å². The lowest BCUT2D eigenvalue weighted by Gasteiger charge is -2.39. The van der Waals surface area contributed by atoms with Crippen LogP contribution in [-0.4, -0.2) is 0 Å². The van der Waals surface area contributed by atoms with Gasteiger partial charge in [-0.05, 0) is 66.5 Å². The molecule has 144 valence electrons. The summed E-state index contributed by atoms with van der Waals surface area (Å²) < 4.78 is 0. The van der Waals surface area contributed by atoms with Gasteiger partial charge in [-0.2, -0.15) is 0 Å². The molecule has 29 heavy (non-hydrogen) atoms. The van der Waals surface area contributed by atoms with Gasteiger partial charge < -0.3 is 0 Å². The third-order valence-electron chi connectivity index (χ3n) is 7.09. The molecular formula is C29H28. The van der Waals surface area contributed by atoms with Crippen molar-refractivity contribution in [3.63, 3.8) is 0 Å². The Morgan fingerprint density at radius 2 is 1.48 bits per heavy atom. The van der Waals surface area contributed by atoms with Crippen LogP contribution in [0, 0.1) is 19.8 Å². The molecule has 3 aromatic carbocycles. The second-order valence-electron chi connectivity index (χ2n) is 8.87. The smallest absolute Gasteiger partial charge is 0.0679 e. The van der Waals surface area contributed by atoms with E-state index in [1.165, 1.54) is 50.1 Å². The molecule has 0 aromatic heterocycles. The Bertz CT molecular complexity index is 1160. The summed E-state index contributed by atoms with van der Waals surface area (Å²) in [5.74, 6) is 0.567. The van der Waals surface area contributed by atoms with E-state index < -0.39 is 0 Å². The highest BCUT2D eigenvalue weighted by molar-refractivity contribution is 5.87. The SMILES string of the molecule is CC1=CC=C(C2(c3ccc(C)cc3)c3ccccc3-c3cccc(C)c32)CC1C. The van der Waals surface area contributed by atoms with Crippen molar-refractivity contribution in [1.82, 2.24) is 0 Å². The Hall–Kier alpha value is -2.86. The number of aryl methyl sites for hydroxylation is 2. The lowest BCUT2D eigenvalue weighted by Crippen LogP contribution is -2.32. The molecule has 0 heteroatoms. The molecule has 5 rings (SSSR count). The fourth-order valence-electron chi connectivity index (χ4n) is 5.43. The minimum atomic E-state index is -0.212. The first-order valence-electron chi connectivity index (χ1n) is 10.7. The van der Waals surface area contributed by atoms with Gasteiger partial charge in [-0.1, -0.05) is 103 Å². The van der Waals surface area contributed by atoms with Crippen LogP contribution in [0.25, 0.3) is 11.1 Å². The van der Waals surface area contributed by atoms with E-state index in [1.807, 2.05) is 0 Å². The van der Waals surface area contributed by atoms with E-state index in [4.69, 9.17) is 0 Å². The van der Waals surface area contributed by atoms with Gasteiger partial charge in [0.25, 0.3) is 0 Å². The molecule has 0 heterocycles. The van der Waals surface area contributed by atoms with Gasteiger partial charge in [0.1, 0.15) is 0 Å². The first-order valence-corrected chi connectivity index (χ1v) is 10.7. The van der Waals surface area contributed by atoms with Crippen LogP contribution in [-0.2, 0) is 5.41 Å². The summed E-state index contributed by atoms with van der Waals surface area (Å²) in [5, 5.41) is 0. The first kappa shape index (κ1) is 18.2. The average molecular weight is 377 g/mol. The van der Waals surface area contributed by atoms with E-state index in [0.29, 0.717) is 5.92 Å². The molecule has 0 spiro atoms. The zero-order chi connectivity index (χ0) is 20.2.